The minimum Gasteiger partial charge on any atom is -0.435 e. The SMILES string of the molecule is Cc1cc(C)c(OP2OCCN2C(C)(C)C)c(C)c1. The molecule has 1 aliphatic heterocycles. The van der Waals surface area contributed by atoms with E-state index in [4.69, 9.17) is 9.05 Å². The summed E-state index contributed by atoms with van der Waals surface area (Å²) in [5.41, 5.74) is 3.72. The first-order chi connectivity index (χ1) is 8.79. The molecule has 1 heterocycles. The summed E-state index contributed by atoms with van der Waals surface area (Å²) < 4.78 is 14.3. The van der Waals surface area contributed by atoms with Gasteiger partial charge < -0.3 is 9.05 Å². The topological polar surface area (TPSA) is 21.7 Å². The monoisotopic (exact) mass is 281 g/mol. The van der Waals surface area contributed by atoms with E-state index in [1.165, 1.54) is 16.7 Å². The number of nitrogens with zero attached hydrogens (tertiary/aromatic N) is 1. The van der Waals surface area contributed by atoms with Gasteiger partial charge in [0.1, 0.15) is 5.75 Å². The maximum absolute atomic E-state index is 6.20. The van der Waals surface area contributed by atoms with Gasteiger partial charge in [-0.15, -0.1) is 0 Å². The molecule has 19 heavy (non-hydrogen) atoms. The summed E-state index contributed by atoms with van der Waals surface area (Å²) in [6, 6.07) is 4.32. The van der Waals surface area contributed by atoms with Gasteiger partial charge in [0.25, 0.3) is 0 Å². The second-order valence-corrected chi connectivity index (χ2v) is 7.58. The van der Waals surface area contributed by atoms with Gasteiger partial charge in [0.05, 0.1) is 6.61 Å². The van der Waals surface area contributed by atoms with Crippen LogP contribution in [0.4, 0.5) is 0 Å². The fraction of sp³-hybridized carbons (Fsp3) is 0.600. The summed E-state index contributed by atoms with van der Waals surface area (Å²) in [6.07, 6.45) is 0. The third-order valence-corrected chi connectivity index (χ3v) is 5.19. The molecule has 4 heteroatoms. The molecule has 106 valence electrons. The van der Waals surface area contributed by atoms with E-state index in [0.717, 1.165) is 18.9 Å². The van der Waals surface area contributed by atoms with Gasteiger partial charge in [-0.2, -0.15) is 0 Å². The van der Waals surface area contributed by atoms with Crippen LogP contribution in [0, 0.1) is 20.8 Å². The van der Waals surface area contributed by atoms with Crippen LogP contribution in [-0.2, 0) is 4.52 Å². The second kappa shape index (κ2) is 5.40. The van der Waals surface area contributed by atoms with Crippen molar-refractivity contribution in [2.24, 2.45) is 0 Å². The standard InChI is InChI=1S/C15H24NO2P/c1-11-9-12(2)14(13(3)10-11)18-19-16(7-8-17-19)15(4,5)6/h9-10H,7-8H2,1-6H3. The molecule has 0 spiro atoms. The Morgan fingerprint density at radius 3 is 2.26 bits per heavy atom. The average Bonchev–Trinajstić information content (AvgIpc) is 2.70. The fourth-order valence-electron chi connectivity index (χ4n) is 2.40. The molecule has 1 aromatic carbocycles. The van der Waals surface area contributed by atoms with Crippen LogP contribution >= 0.6 is 8.53 Å². The van der Waals surface area contributed by atoms with Gasteiger partial charge in [-0.3, -0.25) is 0 Å². The van der Waals surface area contributed by atoms with Gasteiger partial charge in [0, 0.05) is 12.1 Å². The quantitative estimate of drug-likeness (QED) is 0.752. The molecule has 1 saturated heterocycles. The smallest absolute Gasteiger partial charge is 0.321 e. The maximum atomic E-state index is 6.20. The van der Waals surface area contributed by atoms with Gasteiger partial charge in [-0.25, -0.2) is 4.67 Å². The van der Waals surface area contributed by atoms with Crippen molar-refractivity contribution in [3.63, 3.8) is 0 Å². The summed E-state index contributed by atoms with van der Waals surface area (Å²) in [6.45, 7) is 14.6. The van der Waals surface area contributed by atoms with Gasteiger partial charge in [0.15, 0.2) is 0 Å². The first kappa shape index (κ1) is 14.8. The number of benzene rings is 1. The predicted molar refractivity (Wildman–Crippen MR) is 80.6 cm³/mol. The van der Waals surface area contributed by atoms with Crippen molar-refractivity contribution in [3.8, 4) is 5.75 Å². The molecule has 2 rings (SSSR count). The summed E-state index contributed by atoms with van der Waals surface area (Å²) in [7, 11) is -0.982. The minimum absolute atomic E-state index is 0.0781. The van der Waals surface area contributed by atoms with Crippen molar-refractivity contribution < 1.29 is 9.05 Å². The molecule has 1 aliphatic rings. The van der Waals surface area contributed by atoms with Crippen LogP contribution in [0.2, 0.25) is 0 Å². The molecule has 0 N–H and O–H groups in total. The van der Waals surface area contributed by atoms with E-state index in [-0.39, 0.29) is 5.54 Å². The molecule has 0 radical (unpaired) electrons. The molecule has 1 fully saturated rings. The van der Waals surface area contributed by atoms with Crippen LogP contribution in [0.1, 0.15) is 37.5 Å². The Bertz CT molecular complexity index is 445. The second-order valence-electron chi connectivity index (χ2n) is 6.18. The lowest BCUT2D eigenvalue weighted by molar-refractivity contribution is 0.268. The third-order valence-electron chi connectivity index (χ3n) is 3.25. The predicted octanol–water partition coefficient (Wildman–Crippen LogP) is 4.35. The minimum atomic E-state index is -0.982. The van der Waals surface area contributed by atoms with Crippen molar-refractivity contribution in [1.29, 1.82) is 0 Å². The number of hydrogen-bond donors (Lipinski definition) is 0. The lowest BCUT2D eigenvalue weighted by Crippen LogP contribution is -2.36. The van der Waals surface area contributed by atoms with Crippen LogP contribution in [-0.4, -0.2) is 23.4 Å². The lowest BCUT2D eigenvalue weighted by Gasteiger charge is -2.33. The highest BCUT2D eigenvalue weighted by Gasteiger charge is 2.37. The fourth-order valence-corrected chi connectivity index (χ4v) is 4.11. The van der Waals surface area contributed by atoms with Gasteiger partial charge in [-0.1, -0.05) is 17.7 Å². The summed E-state index contributed by atoms with van der Waals surface area (Å²) >= 11 is 0. The molecular formula is C15H24NO2P. The van der Waals surface area contributed by atoms with E-state index in [1.807, 2.05) is 0 Å². The van der Waals surface area contributed by atoms with Crippen molar-refractivity contribution in [3.05, 3.63) is 28.8 Å². The first-order valence-corrected chi connectivity index (χ1v) is 7.88. The van der Waals surface area contributed by atoms with Gasteiger partial charge >= 0.3 is 8.53 Å². The van der Waals surface area contributed by atoms with Crippen molar-refractivity contribution >= 4 is 8.53 Å². The lowest BCUT2D eigenvalue weighted by atomic mass is 10.1. The average molecular weight is 281 g/mol. The van der Waals surface area contributed by atoms with E-state index < -0.39 is 8.53 Å². The number of rotatable bonds is 2. The molecule has 0 saturated carbocycles. The van der Waals surface area contributed by atoms with E-state index >= 15 is 0 Å². The van der Waals surface area contributed by atoms with Crippen LogP contribution < -0.4 is 4.52 Å². The Hall–Kier alpha value is -0.630. The van der Waals surface area contributed by atoms with Crippen LogP contribution in [0.25, 0.3) is 0 Å². The van der Waals surface area contributed by atoms with Crippen LogP contribution in [0.3, 0.4) is 0 Å². The summed E-state index contributed by atoms with van der Waals surface area (Å²) in [5, 5.41) is 0. The zero-order valence-corrected chi connectivity index (χ0v) is 13.7. The van der Waals surface area contributed by atoms with Crippen LogP contribution in [0.5, 0.6) is 5.75 Å². The first-order valence-electron chi connectivity index (χ1n) is 6.75. The van der Waals surface area contributed by atoms with E-state index in [1.54, 1.807) is 0 Å². The van der Waals surface area contributed by atoms with Gasteiger partial charge in [0.2, 0.25) is 0 Å². The summed E-state index contributed by atoms with van der Waals surface area (Å²) in [5.74, 6) is 0.980. The molecule has 0 aliphatic carbocycles. The molecule has 1 aromatic rings. The molecule has 1 unspecified atom stereocenters. The van der Waals surface area contributed by atoms with E-state index in [9.17, 15) is 0 Å². The number of hydrogen-bond acceptors (Lipinski definition) is 3. The number of aryl methyl sites for hydroxylation is 3. The Balaban J connectivity index is 2.22. The Kier molecular flexibility index (Phi) is 4.20. The highest BCUT2D eigenvalue weighted by atomic mass is 31.2. The molecule has 1 atom stereocenters. The Morgan fingerprint density at radius 1 is 1.16 bits per heavy atom. The Labute approximate surface area is 117 Å². The zero-order valence-electron chi connectivity index (χ0n) is 12.8. The highest BCUT2D eigenvalue weighted by Crippen LogP contribution is 2.51. The molecular weight excluding hydrogens is 257 g/mol. The molecule has 0 bridgehead atoms. The van der Waals surface area contributed by atoms with Gasteiger partial charge in [-0.05, 0) is 52.7 Å². The Morgan fingerprint density at radius 2 is 1.74 bits per heavy atom. The van der Waals surface area contributed by atoms with Crippen molar-refractivity contribution in [2.75, 3.05) is 13.2 Å². The molecule has 3 nitrogen and oxygen atoms in total. The summed E-state index contributed by atoms with van der Waals surface area (Å²) in [4.78, 5) is 0. The van der Waals surface area contributed by atoms with Crippen molar-refractivity contribution in [1.82, 2.24) is 4.67 Å². The highest BCUT2D eigenvalue weighted by molar-refractivity contribution is 7.45. The largest absolute Gasteiger partial charge is 0.435 e. The third kappa shape index (κ3) is 3.28. The van der Waals surface area contributed by atoms with Crippen molar-refractivity contribution in [2.45, 2.75) is 47.1 Å². The normalized spacial score (nSPS) is 20.8. The van der Waals surface area contributed by atoms with Crippen LogP contribution in [0.15, 0.2) is 12.1 Å². The molecule has 0 amide bonds. The maximum Gasteiger partial charge on any atom is 0.321 e. The van der Waals surface area contributed by atoms with E-state index in [0.29, 0.717) is 0 Å². The van der Waals surface area contributed by atoms with E-state index in [2.05, 4.69) is 58.3 Å². The molecule has 0 aromatic heterocycles. The zero-order chi connectivity index (χ0) is 14.2.